The standard InChI is InChI=1S/C31H31BrN2O3/c1-22(2)33-31(36)27(19-23-11-5-3-6-12-23)34(20-24-13-7-4-8-14-24)29(35)21-37-28-18-17-25-15-9-10-16-26(25)30(28)32/h3-18,22,27H,19-21H2,1-2H3,(H,33,36)/t27-/m1/s1. The van der Waals surface area contributed by atoms with Crippen LogP contribution >= 0.6 is 15.9 Å². The number of nitrogens with zero attached hydrogens (tertiary/aromatic N) is 1. The first kappa shape index (κ1) is 26.4. The van der Waals surface area contributed by atoms with Crippen molar-refractivity contribution in [1.82, 2.24) is 10.2 Å². The third-order valence-corrected chi connectivity index (χ3v) is 6.89. The third kappa shape index (κ3) is 6.98. The number of rotatable bonds is 10. The fraction of sp³-hybridized carbons (Fsp3) is 0.226. The topological polar surface area (TPSA) is 58.6 Å². The molecule has 0 saturated carbocycles. The number of nitrogens with one attached hydrogen (secondary N) is 1. The highest BCUT2D eigenvalue weighted by molar-refractivity contribution is 9.10. The average molecular weight is 560 g/mol. The second kappa shape index (κ2) is 12.5. The van der Waals surface area contributed by atoms with Gasteiger partial charge in [0.05, 0.1) is 4.47 Å². The number of fused-ring (bicyclic) bond motifs is 1. The molecule has 0 heterocycles. The molecule has 0 saturated heterocycles. The smallest absolute Gasteiger partial charge is 0.261 e. The van der Waals surface area contributed by atoms with Gasteiger partial charge in [-0.2, -0.15) is 0 Å². The highest BCUT2D eigenvalue weighted by Gasteiger charge is 2.31. The molecular weight excluding hydrogens is 528 g/mol. The second-order valence-electron chi connectivity index (χ2n) is 9.26. The minimum Gasteiger partial charge on any atom is -0.483 e. The number of halogens is 1. The highest BCUT2D eigenvalue weighted by atomic mass is 79.9. The van der Waals surface area contributed by atoms with Gasteiger partial charge in [-0.25, -0.2) is 0 Å². The molecule has 0 unspecified atom stereocenters. The van der Waals surface area contributed by atoms with Crippen molar-refractivity contribution in [2.45, 2.75) is 38.9 Å². The van der Waals surface area contributed by atoms with Crippen LogP contribution in [0.2, 0.25) is 0 Å². The SMILES string of the molecule is CC(C)NC(=O)[C@@H](Cc1ccccc1)N(Cc1ccccc1)C(=O)COc1ccc2ccccc2c1Br. The zero-order valence-electron chi connectivity index (χ0n) is 21.1. The number of ether oxygens (including phenoxy) is 1. The maximum absolute atomic E-state index is 13.7. The van der Waals surface area contributed by atoms with E-state index in [1.165, 1.54) is 0 Å². The van der Waals surface area contributed by atoms with Gasteiger partial charge in [0.15, 0.2) is 6.61 Å². The van der Waals surface area contributed by atoms with Crippen LogP contribution in [-0.2, 0) is 22.6 Å². The van der Waals surface area contributed by atoms with E-state index in [-0.39, 0.29) is 24.5 Å². The molecule has 4 rings (SSSR count). The van der Waals surface area contributed by atoms with Crippen molar-refractivity contribution in [3.8, 4) is 5.75 Å². The van der Waals surface area contributed by atoms with E-state index in [1.54, 1.807) is 4.90 Å². The van der Waals surface area contributed by atoms with Crippen molar-refractivity contribution in [3.05, 3.63) is 113 Å². The van der Waals surface area contributed by atoms with Gasteiger partial charge in [-0.15, -0.1) is 0 Å². The fourth-order valence-corrected chi connectivity index (χ4v) is 4.87. The van der Waals surface area contributed by atoms with Gasteiger partial charge in [-0.3, -0.25) is 9.59 Å². The Morgan fingerprint density at radius 3 is 2.14 bits per heavy atom. The number of benzene rings is 4. The van der Waals surface area contributed by atoms with Gasteiger partial charge < -0.3 is 15.0 Å². The van der Waals surface area contributed by atoms with E-state index in [2.05, 4.69) is 21.2 Å². The van der Waals surface area contributed by atoms with Gasteiger partial charge >= 0.3 is 0 Å². The average Bonchev–Trinajstić information content (AvgIpc) is 2.91. The summed E-state index contributed by atoms with van der Waals surface area (Å²) in [5.74, 6) is 0.136. The molecule has 1 N–H and O–H groups in total. The zero-order chi connectivity index (χ0) is 26.2. The lowest BCUT2D eigenvalue weighted by molar-refractivity contribution is -0.143. The van der Waals surface area contributed by atoms with E-state index in [9.17, 15) is 9.59 Å². The number of carbonyl (C=O) groups is 2. The first-order chi connectivity index (χ1) is 17.9. The van der Waals surface area contributed by atoms with E-state index in [0.29, 0.717) is 18.7 Å². The van der Waals surface area contributed by atoms with Crippen LogP contribution in [0.5, 0.6) is 5.75 Å². The second-order valence-corrected chi connectivity index (χ2v) is 10.1. The molecule has 5 nitrogen and oxygen atoms in total. The minimum absolute atomic E-state index is 0.0516. The van der Waals surface area contributed by atoms with Gasteiger partial charge in [0.2, 0.25) is 5.91 Å². The van der Waals surface area contributed by atoms with Gasteiger partial charge in [0.25, 0.3) is 5.91 Å². The van der Waals surface area contributed by atoms with Crippen molar-refractivity contribution in [2.75, 3.05) is 6.61 Å². The van der Waals surface area contributed by atoms with E-state index in [0.717, 1.165) is 26.4 Å². The molecule has 0 aliphatic carbocycles. The summed E-state index contributed by atoms with van der Waals surface area (Å²) in [5.41, 5.74) is 1.92. The summed E-state index contributed by atoms with van der Waals surface area (Å²) in [6, 6.07) is 30.5. The molecule has 2 amide bonds. The van der Waals surface area contributed by atoms with Crippen LogP contribution < -0.4 is 10.1 Å². The molecule has 190 valence electrons. The Hall–Kier alpha value is -3.64. The Bertz CT molecular complexity index is 1340. The molecule has 0 radical (unpaired) electrons. The van der Waals surface area contributed by atoms with Gasteiger partial charge in [0.1, 0.15) is 11.8 Å². The monoisotopic (exact) mass is 558 g/mol. The lowest BCUT2D eigenvalue weighted by atomic mass is 10.0. The van der Waals surface area contributed by atoms with Crippen LogP contribution in [0.4, 0.5) is 0 Å². The minimum atomic E-state index is -0.693. The molecule has 0 aliphatic rings. The molecule has 0 aromatic heterocycles. The summed E-state index contributed by atoms with van der Waals surface area (Å²) in [4.78, 5) is 28.8. The summed E-state index contributed by atoms with van der Waals surface area (Å²) in [6.07, 6.45) is 0.400. The summed E-state index contributed by atoms with van der Waals surface area (Å²) >= 11 is 3.63. The maximum Gasteiger partial charge on any atom is 0.261 e. The first-order valence-corrected chi connectivity index (χ1v) is 13.2. The molecule has 1 atom stereocenters. The molecule has 0 spiro atoms. The Morgan fingerprint density at radius 2 is 1.46 bits per heavy atom. The molecule has 6 heteroatoms. The Balaban J connectivity index is 1.62. The summed E-state index contributed by atoms with van der Waals surface area (Å²) in [7, 11) is 0. The van der Waals surface area contributed by atoms with Crippen molar-refractivity contribution in [2.24, 2.45) is 0 Å². The lowest BCUT2D eigenvalue weighted by Crippen LogP contribution is -2.52. The Kier molecular flexibility index (Phi) is 8.96. The zero-order valence-corrected chi connectivity index (χ0v) is 22.6. The van der Waals surface area contributed by atoms with Crippen molar-refractivity contribution in [3.63, 3.8) is 0 Å². The van der Waals surface area contributed by atoms with Crippen molar-refractivity contribution in [1.29, 1.82) is 0 Å². The molecule has 4 aromatic carbocycles. The molecule has 0 bridgehead atoms. The number of carbonyl (C=O) groups excluding carboxylic acids is 2. The third-order valence-electron chi connectivity index (χ3n) is 6.08. The van der Waals surface area contributed by atoms with Gasteiger partial charge in [-0.05, 0) is 57.7 Å². The maximum atomic E-state index is 13.7. The molecule has 0 aliphatic heterocycles. The Labute approximate surface area is 226 Å². The largest absolute Gasteiger partial charge is 0.483 e. The molecule has 4 aromatic rings. The number of hydrogen-bond donors (Lipinski definition) is 1. The Morgan fingerprint density at radius 1 is 0.838 bits per heavy atom. The normalized spacial score (nSPS) is 11.8. The fourth-order valence-electron chi connectivity index (χ4n) is 4.26. The number of hydrogen-bond acceptors (Lipinski definition) is 3. The van der Waals surface area contributed by atoms with Crippen LogP contribution in [-0.4, -0.2) is 35.4 Å². The first-order valence-electron chi connectivity index (χ1n) is 12.4. The molecular formula is C31H31BrN2O3. The van der Waals surface area contributed by atoms with Gasteiger partial charge in [-0.1, -0.05) is 91.0 Å². The summed E-state index contributed by atoms with van der Waals surface area (Å²) in [6.45, 7) is 3.94. The van der Waals surface area contributed by atoms with Crippen molar-refractivity contribution < 1.29 is 14.3 Å². The predicted octanol–water partition coefficient (Wildman–Crippen LogP) is 6.15. The van der Waals surface area contributed by atoms with E-state index < -0.39 is 6.04 Å². The van der Waals surface area contributed by atoms with E-state index >= 15 is 0 Å². The molecule has 37 heavy (non-hydrogen) atoms. The van der Waals surface area contributed by atoms with E-state index in [4.69, 9.17) is 4.74 Å². The van der Waals surface area contributed by atoms with Crippen LogP contribution in [0.25, 0.3) is 10.8 Å². The van der Waals surface area contributed by atoms with Crippen LogP contribution in [0, 0.1) is 0 Å². The van der Waals surface area contributed by atoms with Gasteiger partial charge in [0, 0.05) is 19.0 Å². The summed E-state index contributed by atoms with van der Waals surface area (Å²) < 4.78 is 6.81. The van der Waals surface area contributed by atoms with Crippen LogP contribution in [0.3, 0.4) is 0 Å². The number of amides is 2. The predicted molar refractivity (Wildman–Crippen MR) is 151 cm³/mol. The molecule has 0 fully saturated rings. The quantitative estimate of drug-likeness (QED) is 0.254. The lowest BCUT2D eigenvalue weighted by Gasteiger charge is -2.32. The highest BCUT2D eigenvalue weighted by Crippen LogP contribution is 2.33. The van der Waals surface area contributed by atoms with Crippen LogP contribution in [0.15, 0.2) is 102 Å². The summed E-state index contributed by atoms with van der Waals surface area (Å²) in [5, 5.41) is 5.09. The van der Waals surface area contributed by atoms with E-state index in [1.807, 2.05) is 111 Å². The van der Waals surface area contributed by atoms with Crippen LogP contribution in [0.1, 0.15) is 25.0 Å². The van der Waals surface area contributed by atoms with Crippen molar-refractivity contribution >= 4 is 38.5 Å².